The third-order valence-electron chi connectivity index (χ3n) is 6.06. The van der Waals surface area contributed by atoms with Crippen LogP contribution in [0.2, 0.25) is 0 Å². The lowest BCUT2D eigenvalue weighted by Crippen LogP contribution is -2.38. The Bertz CT molecular complexity index is 637. The second-order valence-electron chi connectivity index (χ2n) is 7.29. The van der Waals surface area contributed by atoms with Crippen molar-refractivity contribution in [2.24, 2.45) is 17.3 Å². The van der Waals surface area contributed by atoms with Gasteiger partial charge in [-0.15, -0.1) is 0 Å². The van der Waals surface area contributed by atoms with Crippen molar-refractivity contribution in [3.8, 4) is 0 Å². The van der Waals surface area contributed by atoms with E-state index in [1.807, 2.05) is 13.8 Å². The fourth-order valence-electron chi connectivity index (χ4n) is 4.07. The van der Waals surface area contributed by atoms with Gasteiger partial charge in [0, 0.05) is 11.8 Å². The Kier molecular flexibility index (Phi) is 4.40. The maximum absolute atomic E-state index is 12.1. The van der Waals surface area contributed by atoms with E-state index < -0.39 is 51.5 Å². The molecule has 3 rings (SSSR count). The molecule has 1 aliphatic heterocycles. The molecule has 0 radical (unpaired) electrons. The van der Waals surface area contributed by atoms with Gasteiger partial charge in [0.15, 0.2) is 6.61 Å². The van der Waals surface area contributed by atoms with Gasteiger partial charge in [0.25, 0.3) is 10.1 Å². The Balaban J connectivity index is 1.55. The van der Waals surface area contributed by atoms with Crippen LogP contribution in [0, 0.1) is 17.3 Å². The molecule has 5 unspecified atom stereocenters. The molecule has 136 valence electrons. The molecule has 0 aromatic rings. The van der Waals surface area contributed by atoms with Gasteiger partial charge in [-0.2, -0.15) is 8.42 Å². The molecule has 1 saturated heterocycles. The number of hydrogen-bond donors (Lipinski definition) is 0. The molecule has 2 aliphatic carbocycles. The van der Waals surface area contributed by atoms with E-state index in [0.29, 0.717) is 25.7 Å². The van der Waals surface area contributed by atoms with E-state index >= 15 is 0 Å². The van der Waals surface area contributed by atoms with E-state index in [4.69, 9.17) is 13.7 Å². The number of hydrogen-bond acceptors (Lipinski definition) is 7. The summed E-state index contributed by atoms with van der Waals surface area (Å²) in [7, 11) is -3.53. The summed E-state index contributed by atoms with van der Waals surface area (Å²) in [5, 5.41) is -0.449. The average Bonchev–Trinajstić information content (AvgIpc) is 3.16. The Hall–Kier alpha value is -1.15. The monoisotopic (exact) mass is 360 g/mol. The first kappa shape index (κ1) is 17.7. The Morgan fingerprint density at radius 1 is 1.21 bits per heavy atom. The summed E-state index contributed by atoms with van der Waals surface area (Å²) in [4.78, 5) is 24.1. The van der Waals surface area contributed by atoms with Crippen molar-refractivity contribution in [2.45, 2.75) is 63.9 Å². The maximum atomic E-state index is 12.1. The van der Waals surface area contributed by atoms with Gasteiger partial charge in [0.05, 0.1) is 10.7 Å². The predicted molar refractivity (Wildman–Crippen MR) is 83.3 cm³/mol. The first-order chi connectivity index (χ1) is 11.2. The van der Waals surface area contributed by atoms with Crippen LogP contribution >= 0.6 is 0 Å². The molecule has 2 saturated carbocycles. The molecule has 3 aliphatic rings. The fourth-order valence-corrected chi connectivity index (χ4v) is 5.95. The molecule has 0 aromatic carbocycles. The summed E-state index contributed by atoms with van der Waals surface area (Å²) < 4.78 is 39.4. The molecule has 0 aromatic heterocycles. The molecule has 0 N–H and O–H groups in total. The highest BCUT2D eigenvalue weighted by Crippen LogP contribution is 2.55. The van der Waals surface area contributed by atoms with Crippen molar-refractivity contribution in [2.75, 3.05) is 6.61 Å². The minimum atomic E-state index is -3.53. The topological polar surface area (TPSA) is 96.0 Å². The van der Waals surface area contributed by atoms with E-state index in [0.717, 1.165) is 0 Å². The van der Waals surface area contributed by atoms with E-state index in [1.54, 1.807) is 6.92 Å². The van der Waals surface area contributed by atoms with Crippen LogP contribution in [0.4, 0.5) is 0 Å². The van der Waals surface area contributed by atoms with Crippen molar-refractivity contribution in [3.63, 3.8) is 0 Å². The van der Waals surface area contributed by atoms with Crippen molar-refractivity contribution < 1.29 is 31.7 Å². The highest BCUT2D eigenvalue weighted by Gasteiger charge is 2.65. The lowest BCUT2D eigenvalue weighted by Gasteiger charge is -2.26. The minimum absolute atomic E-state index is 0.0125. The van der Waals surface area contributed by atoms with Crippen molar-refractivity contribution in [3.05, 3.63) is 0 Å². The van der Waals surface area contributed by atoms with Crippen LogP contribution in [0.5, 0.6) is 0 Å². The summed E-state index contributed by atoms with van der Waals surface area (Å²) in [5.74, 6) is -1.14. The predicted octanol–water partition coefficient (Wildman–Crippen LogP) is 1.40. The van der Waals surface area contributed by atoms with Gasteiger partial charge < -0.3 is 9.47 Å². The third-order valence-corrected chi connectivity index (χ3v) is 7.83. The largest absolute Gasteiger partial charge is 0.457 e. The van der Waals surface area contributed by atoms with Gasteiger partial charge in [0.2, 0.25) is 0 Å². The number of esters is 2. The number of fused-ring (bicyclic) bond motifs is 1. The Labute approximate surface area is 142 Å². The van der Waals surface area contributed by atoms with Crippen LogP contribution in [0.1, 0.15) is 46.5 Å². The van der Waals surface area contributed by atoms with E-state index in [1.165, 1.54) is 0 Å². The van der Waals surface area contributed by atoms with Gasteiger partial charge in [-0.05, 0) is 32.6 Å². The highest BCUT2D eigenvalue weighted by molar-refractivity contribution is 7.87. The summed E-state index contributed by atoms with van der Waals surface area (Å²) in [5.41, 5.74) is -0.609. The summed E-state index contributed by atoms with van der Waals surface area (Å²) >= 11 is 0. The number of ether oxygens (including phenoxy) is 2. The number of carbonyl (C=O) groups is 2. The van der Waals surface area contributed by atoms with E-state index in [-0.39, 0.29) is 11.8 Å². The second kappa shape index (κ2) is 5.98. The molecule has 1 heterocycles. The third kappa shape index (κ3) is 2.73. The zero-order chi connectivity index (χ0) is 17.7. The van der Waals surface area contributed by atoms with Crippen LogP contribution in [-0.2, 0) is 33.4 Å². The molecule has 5 atom stereocenters. The quantitative estimate of drug-likeness (QED) is 0.522. The zero-order valence-corrected chi connectivity index (χ0v) is 15.0. The van der Waals surface area contributed by atoms with Gasteiger partial charge in [-0.1, -0.05) is 13.8 Å². The second-order valence-corrected chi connectivity index (χ2v) is 9.07. The summed E-state index contributed by atoms with van der Waals surface area (Å²) in [6.07, 6.45) is 1.30. The standard InChI is InChI=1S/C16H24O7S/c1-4-16(3,5-2)15(18)21-8-12(17)22-13-9-6-10-11(7-9)24(19,20)23-14(10)13/h9-11,13-14H,4-8H2,1-3H3. The Morgan fingerprint density at radius 2 is 1.88 bits per heavy atom. The van der Waals surface area contributed by atoms with Crippen molar-refractivity contribution in [1.29, 1.82) is 0 Å². The van der Waals surface area contributed by atoms with Crippen LogP contribution in [0.25, 0.3) is 0 Å². The first-order valence-electron chi connectivity index (χ1n) is 8.50. The smallest absolute Gasteiger partial charge is 0.344 e. The molecule has 8 heteroatoms. The van der Waals surface area contributed by atoms with E-state index in [2.05, 4.69) is 0 Å². The molecule has 7 nitrogen and oxygen atoms in total. The summed E-state index contributed by atoms with van der Waals surface area (Å²) in [6.45, 7) is 5.14. The summed E-state index contributed by atoms with van der Waals surface area (Å²) in [6, 6.07) is 0. The molecular weight excluding hydrogens is 336 g/mol. The van der Waals surface area contributed by atoms with Crippen LogP contribution in [-0.4, -0.2) is 44.4 Å². The van der Waals surface area contributed by atoms with Crippen molar-refractivity contribution >= 4 is 22.1 Å². The van der Waals surface area contributed by atoms with Crippen LogP contribution < -0.4 is 0 Å². The molecule has 0 spiro atoms. The van der Waals surface area contributed by atoms with E-state index in [9.17, 15) is 18.0 Å². The van der Waals surface area contributed by atoms with Crippen molar-refractivity contribution in [1.82, 2.24) is 0 Å². The van der Waals surface area contributed by atoms with Crippen LogP contribution in [0.3, 0.4) is 0 Å². The molecule has 2 bridgehead atoms. The number of carbonyl (C=O) groups excluding carboxylic acids is 2. The highest BCUT2D eigenvalue weighted by atomic mass is 32.2. The van der Waals surface area contributed by atoms with Gasteiger partial charge >= 0.3 is 11.9 Å². The lowest BCUT2D eigenvalue weighted by molar-refractivity contribution is -0.171. The SMILES string of the molecule is CCC(C)(CC)C(=O)OCC(=O)OC1C2CC3C1OS(=O)(=O)C3C2. The minimum Gasteiger partial charge on any atom is -0.457 e. The first-order valence-corrected chi connectivity index (χ1v) is 9.97. The van der Waals surface area contributed by atoms with Crippen LogP contribution in [0.15, 0.2) is 0 Å². The van der Waals surface area contributed by atoms with Gasteiger partial charge in [-0.25, -0.2) is 4.79 Å². The molecule has 3 fully saturated rings. The average molecular weight is 360 g/mol. The fraction of sp³-hybridized carbons (Fsp3) is 0.875. The lowest BCUT2D eigenvalue weighted by atomic mass is 9.85. The molecule has 0 amide bonds. The van der Waals surface area contributed by atoms with Gasteiger partial charge in [0.1, 0.15) is 12.2 Å². The Morgan fingerprint density at radius 3 is 2.50 bits per heavy atom. The zero-order valence-electron chi connectivity index (χ0n) is 14.2. The van der Waals surface area contributed by atoms with Gasteiger partial charge in [-0.3, -0.25) is 8.98 Å². The maximum Gasteiger partial charge on any atom is 0.344 e. The number of rotatable bonds is 6. The normalized spacial score (nSPS) is 35.9. The molecule has 24 heavy (non-hydrogen) atoms. The molecular formula is C16H24O7S.